The summed E-state index contributed by atoms with van der Waals surface area (Å²) in [5.74, 6) is -0.254. The Kier molecular flexibility index (Phi) is 4.90. The average Bonchev–Trinajstić information content (AvgIpc) is 3.15. The summed E-state index contributed by atoms with van der Waals surface area (Å²) in [5.41, 5.74) is 4.53. The van der Waals surface area contributed by atoms with Gasteiger partial charge in [-0.1, -0.05) is 70.6 Å². The van der Waals surface area contributed by atoms with E-state index in [0.29, 0.717) is 30.0 Å². The van der Waals surface area contributed by atoms with Crippen molar-refractivity contribution < 1.29 is 4.79 Å². The molecule has 4 rings (SSSR count). The molecule has 0 unspecified atom stereocenters. The summed E-state index contributed by atoms with van der Waals surface area (Å²) >= 11 is 20.2. The molecule has 26 heavy (non-hydrogen) atoms. The number of benzene rings is 2. The van der Waals surface area contributed by atoms with E-state index in [1.54, 1.807) is 24.3 Å². The number of halogens is 2. The molecule has 1 saturated heterocycles. The first kappa shape index (κ1) is 17.8. The normalized spacial score (nSPS) is 16.1. The number of anilines is 1. The van der Waals surface area contributed by atoms with Gasteiger partial charge in [-0.2, -0.15) is 5.01 Å². The van der Waals surface area contributed by atoms with Gasteiger partial charge in [0.2, 0.25) is 5.13 Å². The first-order valence-electron chi connectivity index (χ1n) is 7.37. The zero-order chi connectivity index (χ0) is 18.3. The number of nitrogens with zero attached hydrogens (tertiary/aromatic N) is 2. The molecule has 1 N–H and O–H groups in total. The molecule has 0 spiro atoms. The number of fused-ring (bicyclic) bond motifs is 1. The average molecular weight is 438 g/mol. The van der Waals surface area contributed by atoms with Crippen LogP contribution in [0.15, 0.2) is 47.4 Å². The third-order valence-corrected chi connectivity index (χ3v) is 6.64. The molecule has 4 nitrogen and oxygen atoms in total. The lowest BCUT2D eigenvalue weighted by Crippen LogP contribution is -2.33. The second kappa shape index (κ2) is 7.17. The van der Waals surface area contributed by atoms with Crippen LogP contribution in [0.1, 0.15) is 5.56 Å². The Bertz CT molecular complexity index is 1050. The quantitative estimate of drug-likeness (QED) is 0.412. The molecule has 1 aliphatic heterocycles. The van der Waals surface area contributed by atoms with Crippen LogP contribution in [-0.2, 0) is 4.79 Å². The number of thiocarbonyl (C=S) groups is 1. The third kappa shape index (κ3) is 3.33. The predicted molar refractivity (Wildman–Crippen MR) is 115 cm³/mol. The maximum absolute atomic E-state index is 12.7. The van der Waals surface area contributed by atoms with Crippen molar-refractivity contribution in [2.75, 3.05) is 5.43 Å². The zero-order valence-corrected chi connectivity index (χ0v) is 16.9. The van der Waals surface area contributed by atoms with Gasteiger partial charge in [0.25, 0.3) is 5.91 Å². The van der Waals surface area contributed by atoms with Crippen LogP contribution < -0.4 is 5.43 Å². The van der Waals surface area contributed by atoms with Gasteiger partial charge < -0.3 is 0 Å². The minimum Gasteiger partial charge on any atom is -0.266 e. The number of thiazole rings is 1. The molecular formula is C17H9Cl2N3OS3. The van der Waals surface area contributed by atoms with E-state index in [0.717, 1.165) is 10.2 Å². The Morgan fingerprint density at radius 3 is 2.77 bits per heavy atom. The SMILES string of the molecule is O=C1/C(=C/c2cccc(Cl)c2Cl)SC(=S)N1Nc1nc2ccccc2s1. The van der Waals surface area contributed by atoms with Gasteiger partial charge in [0.05, 0.1) is 25.2 Å². The number of hydrazine groups is 1. The standard InChI is InChI=1S/C17H9Cl2N3OS3/c18-10-5-3-4-9(14(10)19)8-13-15(23)22(17(24)26-13)21-16-20-11-6-1-2-7-12(11)25-16/h1-8H,(H,20,21)/b13-8-. The molecule has 130 valence electrons. The van der Waals surface area contributed by atoms with Gasteiger partial charge in [0, 0.05) is 0 Å². The van der Waals surface area contributed by atoms with E-state index in [9.17, 15) is 4.79 Å². The number of carbonyl (C=O) groups is 1. The van der Waals surface area contributed by atoms with Crippen LogP contribution >= 0.6 is 58.5 Å². The van der Waals surface area contributed by atoms with Crippen molar-refractivity contribution in [3.8, 4) is 0 Å². The van der Waals surface area contributed by atoms with Gasteiger partial charge >= 0.3 is 0 Å². The van der Waals surface area contributed by atoms with Gasteiger partial charge in [0.15, 0.2) is 4.32 Å². The van der Waals surface area contributed by atoms with Crippen LogP contribution in [0.2, 0.25) is 10.0 Å². The number of nitrogens with one attached hydrogen (secondary N) is 1. The summed E-state index contributed by atoms with van der Waals surface area (Å²) in [6, 6.07) is 13.0. The number of thioether (sulfide) groups is 1. The molecule has 1 amide bonds. The topological polar surface area (TPSA) is 45.2 Å². The van der Waals surface area contributed by atoms with Crippen LogP contribution in [0.3, 0.4) is 0 Å². The Morgan fingerprint density at radius 1 is 1.15 bits per heavy atom. The number of aromatic nitrogens is 1. The first-order valence-corrected chi connectivity index (χ1v) is 10.2. The van der Waals surface area contributed by atoms with Crippen molar-refractivity contribution in [2.24, 2.45) is 0 Å². The maximum Gasteiger partial charge on any atom is 0.285 e. The van der Waals surface area contributed by atoms with Gasteiger partial charge in [0.1, 0.15) is 0 Å². The van der Waals surface area contributed by atoms with E-state index in [1.807, 2.05) is 24.3 Å². The monoisotopic (exact) mass is 437 g/mol. The van der Waals surface area contributed by atoms with Crippen molar-refractivity contribution in [3.63, 3.8) is 0 Å². The molecule has 2 heterocycles. The Labute approximate surface area is 172 Å². The van der Waals surface area contributed by atoms with Gasteiger partial charge in [-0.15, -0.1) is 0 Å². The Balaban J connectivity index is 1.61. The van der Waals surface area contributed by atoms with Crippen LogP contribution in [0.25, 0.3) is 16.3 Å². The van der Waals surface area contributed by atoms with Crippen LogP contribution in [0.4, 0.5) is 5.13 Å². The fraction of sp³-hybridized carbons (Fsp3) is 0. The van der Waals surface area contributed by atoms with Crippen molar-refractivity contribution in [2.45, 2.75) is 0 Å². The van der Waals surface area contributed by atoms with E-state index in [1.165, 1.54) is 28.1 Å². The molecule has 2 aromatic carbocycles. The molecule has 0 aliphatic carbocycles. The second-order valence-corrected chi connectivity index (χ2v) is 8.75. The zero-order valence-electron chi connectivity index (χ0n) is 12.9. The molecule has 1 aliphatic rings. The first-order chi connectivity index (χ1) is 12.5. The lowest BCUT2D eigenvalue weighted by molar-refractivity contribution is -0.121. The van der Waals surface area contributed by atoms with E-state index in [-0.39, 0.29) is 5.91 Å². The van der Waals surface area contributed by atoms with Crippen LogP contribution in [0.5, 0.6) is 0 Å². The molecule has 9 heteroatoms. The summed E-state index contributed by atoms with van der Waals surface area (Å²) in [4.78, 5) is 17.7. The highest BCUT2D eigenvalue weighted by molar-refractivity contribution is 8.26. The predicted octanol–water partition coefficient (Wildman–Crippen LogP) is 5.83. The Hall–Kier alpha value is -1.64. The van der Waals surface area contributed by atoms with Crippen molar-refractivity contribution in [1.29, 1.82) is 0 Å². The highest BCUT2D eigenvalue weighted by atomic mass is 35.5. The molecule has 0 radical (unpaired) electrons. The number of carbonyl (C=O) groups excluding carboxylic acids is 1. The number of para-hydroxylation sites is 1. The van der Waals surface area contributed by atoms with Crippen molar-refractivity contribution >= 4 is 90.2 Å². The maximum atomic E-state index is 12.7. The van der Waals surface area contributed by atoms with Gasteiger partial charge in [-0.25, -0.2) is 4.98 Å². The van der Waals surface area contributed by atoms with E-state index in [2.05, 4.69) is 10.4 Å². The lowest BCUT2D eigenvalue weighted by Gasteiger charge is -2.14. The summed E-state index contributed by atoms with van der Waals surface area (Å²) in [6.45, 7) is 0. The third-order valence-electron chi connectivity index (χ3n) is 3.56. The minimum atomic E-state index is -0.254. The largest absolute Gasteiger partial charge is 0.285 e. The molecule has 0 atom stereocenters. The van der Waals surface area contributed by atoms with Gasteiger partial charge in [-0.05, 0) is 42.1 Å². The molecule has 0 bridgehead atoms. The van der Waals surface area contributed by atoms with Crippen LogP contribution in [0, 0.1) is 0 Å². The number of rotatable bonds is 3. The highest BCUT2D eigenvalue weighted by Gasteiger charge is 2.33. The number of hydrogen-bond acceptors (Lipinski definition) is 6. The molecule has 1 aromatic heterocycles. The van der Waals surface area contributed by atoms with Crippen LogP contribution in [-0.4, -0.2) is 20.2 Å². The molecular weight excluding hydrogens is 429 g/mol. The molecule has 0 saturated carbocycles. The van der Waals surface area contributed by atoms with Crippen molar-refractivity contribution in [1.82, 2.24) is 9.99 Å². The fourth-order valence-corrected chi connectivity index (χ4v) is 4.74. The summed E-state index contributed by atoms with van der Waals surface area (Å²) < 4.78 is 1.43. The van der Waals surface area contributed by atoms with Gasteiger partial charge in [-0.3, -0.25) is 10.2 Å². The van der Waals surface area contributed by atoms with E-state index < -0.39 is 0 Å². The summed E-state index contributed by atoms with van der Waals surface area (Å²) in [6.07, 6.45) is 1.69. The Morgan fingerprint density at radius 2 is 1.96 bits per heavy atom. The minimum absolute atomic E-state index is 0.254. The molecule has 3 aromatic rings. The van der Waals surface area contributed by atoms with E-state index >= 15 is 0 Å². The second-order valence-electron chi connectivity index (χ2n) is 5.26. The number of hydrogen-bond donors (Lipinski definition) is 1. The van der Waals surface area contributed by atoms with E-state index in [4.69, 9.17) is 35.4 Å². The smallest absolute Gasteiger partial charge is 0.266 e. The molecule has 1 fully saturated rings. The number of amides is 1. The summed E-state index contributed by atoms with van der Waals surface area (Å²) in [5, 5.41) is 2.76. The lowest BCUT2D eigenvalue weighted by atomic mass is 10.2. The highest BCUT2D eigenvalue weighted by Crippen LogP contribution is 2.36. The van der Waals surface area contributed by atoms with Crippen molar-refractivity contribution in [3.05, 3.63) is 63.0 Å². The fourth-order valence-electron chi connectivity index (χ4n) is 2.35. The summed E-state index contributed by atoms with van der Waals surface area (Å²) in [7, 11) is 0.